The maximum absolute atomic E-state index is 11.1. The van der Waals surface area contributed by atoms with Crippen molar-refractivity contribution in [3.8, 4) is 5.75 Å². The van der Waals surface area contributed by atoms with Gasteiger partial charge < -0.3 is 10.0 Å². The molecule has 0 unspecified atom stereocenters. The fourth-order valence-corrected chi connectivity index (χ4v) is 4.94. The molecule has 1 aromatic rings. The van der Waals surface area contributed by atoms with Gasteiger partial charge in [0.15, 0.2) is 0 Å². The first-order valence-corrected chi connectivity index (χ1v) is 10.7. The van der Waals surface area contributed by atoms with E-state index in [1.807, 2.05) is 0 Å². The van der Waals surface area contributed by atoms with Crippen LogP contribution in [0, 0.1) is 0 Å². The van der Waals surface area contributed by atoms with Crippen molar-refractivity contribution in [2.45, 2.75) is 88.9 Å². The normalized spacial score (nSPS) is 20.3. The second kappa shape index (κ2) is 9.07. The molecule has 2 fully saturated rings. The van der Waals surface area contributed by atoms with Gasteiger partial charge >= 0.3 is 0 Å². The lowest BCUT2D eigenvalue weighted by atomic mass is 9.78. The van der Waals surface area contributed by atoms with Crippen molar-refractivity contribution in [3.05, 3.63) is 28.8 Å². The number of nitrogens with zero attached hydrogens (tertiary/aromatic N) is 1. The molecule has 0 heterocycles. The molecule has 0 bridgehead atoms. The third kappa shape index (κ3) is 5.00. The average Bonchev–Trinajstić information content (AvgIpc) is 2.64. The summed E-state index contributed by atoms with van der Waals surface area (Å²) in [5, 5.41) is 11.1. The number of aromatic hydroxyl groups is 1. The summed E-state index contributed by atoms with van der Waals surface area (Å²) >= 11 is 0. The molecular formula is C23H37NO. The zero-order valence-electron chi connectivity index (χ0n) is 16.4. The topological polar surface area (TPSA) is 23.5 Å². The molecule has 0 aliphatic heterocycles. The van der Waals surface area contributed by atoms with Crippen LogP contribution < -0.4 is 0 Å². The first-order chi connectivity index (χ1) is 12.1. The highest BCUT2D eigenvalue weighted by Gasteiger charge is 2.25. The zero-order valence-corrected chi connectivity index (χ0v) is 16.4. The van der Waals surface area contributed by atoms with Gasteiger partial charge in [-0.3, -0.25) is 0 Å². The van der Waals surface area contributed by atoms with Gasteiger partial charge in [-0.25, -0.2) is 0 Å². The molecule has 2 heteroatoms. The molecule has 1 aromatic carbocycles. The summed E-state index contributed by atoms with van der Waals surface area (Å²) in [6.07, 6.45) is 15.4. The SMILES string of the molecule is CN(C)CCCc1cc(C2CCCCC2)c(O)c(C2CCCCC2)c1. The number of phenols is 1. The fourth-order valence-electron chi connectivity index (χ4n) is 4.94. The summed E-state index contributed by atoms with van der Waals surface area (Å²) in [7, 11) is 4.30. The van der Waals surface area contributed by atoms with Crippen molar-refractivity contribution < 1.29 is 5.11 Å². The summed E-state index contributed by atoms with van der Waals surface area (Å²) in [5.74, 6) is 1.84. The quantitative estimate of drug-likeness (QED) is 0.686. The number of benzene rings is 1. The van der Waals surface area contributed by atoms with Crippen molar-refractivity contribution in [3.63, 3.8) is 0 Å². The summed E-state index contributed by atoms with van der Waals surface area (Å²) < 4.78 is 0. The summed E-state index contributed by atoms with van der Waals surface area (Å²) in [4.78, 5) is 2.27. The Labute approximate surface area is 154 Å². The van der Waals surface area contributed by atoms with E-state index in [1.165, 1.54) is 87.3 Å². The summed E-state index contributed by atoms with van der Waals surface area (Å²) in [5.41, 5.74) is 4.02. The van der Waals surface area contributed by atoms with Crippen molar-refractivity contribution in [2.24, 2.45) is 0 Å². The molecule has 0 atom stereocenters. The van der Waals surface area contributed by atoms with E-state index in [0.717, 1.165) is 13.0 Å². The third-order valence-corrected chi connectivity index (χ3v) is 6.39. The van der Waals surface area contributed by atoms with Crippen LogP contribution in [0.1, 0.15) is 99.2 Å². The third-order valence-electron chi connectivity index (χ3n) is 6.39. The summed E-state index contributed by atoms with van der Waals surface area (Å²) in [6.45, 7) is 1.14. The van der Waals surface area contributed by atoms with E-state index < -0.39 is 0 Å². The van der Waals surface area contributed by atoms with Gasteiger partial charge in [0, 0.05) is 0 Å². The molecule has 2 aliphatic rings. The maximum atomic E-state index is 11.1. The van der Waals surface area contributed by atoms with E-state index in [4.69, 9.17) is 0 Å². The predicted octanol–water partition coefficient (Wildman–Crippen LogP) is 5.98. The molecule has 2 saturated carbocycles. The maximum Gasteiger partial charge on any atom is 0.122 e. The van der Waals surface area contributed by atoms with Crippen molar-refractivity contribution >= 4 is 0 Å². The molecule has 2 nitrogen and oxygen atoms in total. The Morgan fingerprint density at radius 2 is 1.32 bits per heavy atom. The van der Waals surface area contributed by atoms with Crippen LogP contribution in [0.5, 0.6) is 5.75 Å². The van der Waals surface area contributed by atoms with Crippen molar-refractivity contribution in [2.75, 3.05) is 20.6 Å². The fraction of sp³-hybridized carbons (Fsp3) is 0.739. The second-order valence-electron chi connectivity index (χ2n) is 8.70. The number of hydrogen-bond acceptors (Lipinski definition) is 2. The Morgan fingerprint density at radius 3 is 1.76 bits per heavy atom. The number of rotatable bonds is 6. The average molecular weight is 344 g/mol. The van der Waals surface area contributed by atoms with Gasteiger partial charge in [0.1, 0.15) is 5.75 Å². The minimum absolute atomic E-state index is 0.588. The first-order valence-electron chi connectivity index (χ1n) is 10.7. The lowest BCUT2D eigenvalue weighted by Crippen LogP contribution is -2.14. The Hall–Kier alpha value is -1.02. The highest BCUT2D eigenvalue weighted by Crippen LogP contribution is 2.44. The van der Waals surface area contributed by atoms with Crippen LogP contribution in [0.25, 0.3) is 0 Å². The lowest BCUT2D eigenvalue weighted by molar-refractivity contribution is 0.390. The van der Waals surface area contributed by atoms with E-state index in [1.54, 1.807) is 0 Å². The molecule has 25 heavy (non-hydrogen) atoms. The van der Waals surface area contributed by atoms with E-state index in [2.05, 4.69) is 31.1 Å². The molecule has 3 rings (SSSR count). The molecule has 1 N–H and O–H groups in total. The molecule has 0 saturated heterocycles. The van der Waals surface area contributed by atoms with E-state index in [9.17, 15) is 5.11 Å². The molecule has 0 spiro atoms. The Morgan fingerprint density at radius 1 is 0.840 bits per heavy atom. The van der Waals surface area contributed by atoms with Crippen molar-refractivity contribution in [1.29, 1.82) is 0 Å². The molecule has 2 aliphatic carbocycles. The number of phenolic OH excluding ortho intramolecular Hbond substituents is 1. The van der Waals surface area contributed by atoms with E-state index >= 15 is 0 Å². The van der Waals surface area contributed by atoms with Crippen LogP contribution in [-0.2, 0) is 6.42 Å². The number of aryl methyl sites for hydroxylation is 1. The van der Waals surface area contributed by atoms with Crippen LogP contribution in [0.3, 0.4) is 0 Å². The molecular weight excluding hydrogens is 306 g/mol. The summed E-state index contributed by atoms with van der Waals surface area (Å²) in [6, 6.07) is 4.71. The smallest absolute Gasteiger partial charge is 0.122 e. The van der Waals surface area contributed by atoms with E-state index in [0.29, 0.717) is 17.6 Å². The predicted molar refractivity (Wildman–Crippen MR) is 107 cm³/mol. The van der Waals surface area contributed by atoms with Crippen LogP contribution >= 0.6 is 0 Å². The Balaban J connectivity index is 1.86. The van der Waals surface area contributed by atoms with Crippen LogP contribution in [0.15, 0.2) is 12.1 Å². The van der Waals surface area contributed by atoms with Crippen LogP contribution in [0.2, 0.25) is 0 Å². The van der Waals surface area contributed by atoms with Gasteiger partial charge in [-0.1, -0.05) is 50.7 Å². The van der Waals surface area contributed by atoms with Gasteiger partial charge in [-0.2, -0.15) is 0 Å². The van der Waals surface area contributed by atoms with Gasteiger partial charge in [0.2, 0.25) is 0 Å². The largest absolute Gasteiger partial charge is 0.507 e. The van der Waals surface area contributed by atoms with E-state index in [-0.39, 0.29) is 0 Å². The monoisotopic (exact) mass is 343 g/mol. The Kier molecular flexibility index (Phi) is 6.81. The highest BCUT2D eigenvalue weighted by atomic mass is 16.3. The zero-order chi connectivity index (χ0) is 17.6. The molecule has 0 radical (unpaired) electrons. The Bertz CT molecular complexity index is 500. The minimum atomic E-state index is 0.588. The van der Waals surface area contributed by atoms with Crippen LogP contribution in [0.4, 0.5) is 0 Å². The van der Waals surface area contributed by atoms with Crippen LogP contribution in [-0.4, -0.2) is 30.6 Å². The molecule has 0 aromatic heterocycles. The van der Waals surface area contributed by atoms with Gasteiger partial charge in [0.05, 0.1) is 0 Å². The molecule has 0 amide bonds. The highest BCUT2D eigenvalue weighted by molar-refractivity contribution is 5.47. The van der Waals surface area contributed by atoms with Crippen molar-refractivity contribution in [1.82, 2.24) is 4.90 Å². The number of hydrogen-bond donors (Lipinski definition) is 1. The van der Waals surface area contributed by atoms with Gasteiger partial charge in [0.25, 0.3) is 0 Å². The lowest BCUT2D eigenvalue weighted by Gasteiger charge is -2.28. The first kappa shape index (κ1) is 18.8. The second-order valence-corrected chi connectivity index (χ2v) is 8.70. The standard InChI is InChI=1S/C23H37NO/c1-24(2)15-9-10-18-16-21(19-11-5-3-6-12-19)23(25)22(17-18)20-13-7-4-8-14-20/h16-17,19-20,25H,3-15H2,1-2H3. The van der Waals surface area contributed by atoms with Gasteiger partial charge in [-0.15, -0.1) is 0 Å². The molecule has 140 valence electrons. The van der Waals surface area contributed by atoms with Gasteiger partial charge in [-0.05, 0) is 87.7 Å². The minimum Gasteiger partial charge on any atom is -0.507 e.